The summed E-state index contributed by atoms with van der Waals surface area (Å²) in [6.45, 7) is 12.4. The molecule has 0 aliphatic rings. The van der Waals surface area contributed by atoms with E-state index < -0.39 is 5.97 Å². The smallest absolute Gasteiger partial charge is 0.322 e. The number of carboxylic acids is 1. The monoisotopic (exact) mass is 429 g/mol. The molecule has 31 heavy (non-hydrogen) atoms. The Labute approximate surface area is 189 Å². The van der Waals surface area contributed by atoms with E-state index in [4.69, 9.17) is 5.11 Å². The molecule has 0 heterocycles. The first-order valence-corrected chi connectivity index (χ1v) is 11.4. The quantitative estimate of drug-likeness (QED) is 0.216. The molecule has 0 aliphatic heterocycles. The van der Waals surface area contributed by atoms with Gasteiger partial charge in [-0.05, 0) is 92.9 Å². The van der Waals surface area contributed by atoms with Crippen LogP contribution in [0.5, 0.6) is 0 Å². The molecule has 0 aromatic carbocycles. The van der Waals surface area contributed by atoms with E-state index in [0.29, 0.717) is 0 Å². The molecule has 0 aliphatic carbocycles. The molecule has 0 radical (unpaired) electrons. The van der Waals surface area contributed by atoms with Gasteiger partial charge >= 0.3 is 5.97 Å². The molecule has 0 rings (SSSR count). The Balaban J connectivity index is 4.16. The fourth-order valence-corrected chi connectivity index (χ4v) is 3.04. The molecule has 4 heteroatoms. The molecule has 1 amide bonds. The van der Waals surface area contributed by atoms with Crippen molar-refractivity contribution < 1.29 is 14.7 Å². The molecule has 0 bridgehead atoms. The van der Waals surface area contributed by atoms with Crippen LogP contribution in [0.1, 0.15) is 92.9 Å². The largest absolute Gasteiger partial charge is 0.480 e. The zero-order chi connectivity index (χ0) is 23.6. The highest BCUT2D eigenvalue weighted by atomic mass is 16.4. The van der Waals surface area contributed by atoms with Crippen molar-refractivity contribution >= 4 is 11.9 Å². The number of nitrogens with one attached hydrogen (secondary N) is 1. The lowest BCUT2D eigenvalue weighted by atomic mass is 10.0. The van der Waals surface area contributed by atoms with Crippen LogP contribution in [-0.2, 0) is 9.59 Å². The third kappa shape index (κ3) is 19.4. The van der Waals surface area contributed by atoms with Crippen molar-refractivity contribution in [2.24, 2.45) is 0 Å². The summed E-state index contributed by atoms with van der Waals surface area (Å²) in [5.74, 6) is -1.39. The number of hydrogen-bond acceptors (Lipinski definition) is 2. The van der Waals surface area contributed by atoms with E-state index >= 15 is 0 Å². The van der Waals surface area contributed by atoms with Crippen molar-refractivity contribution in [2.45, 2.75) is 92.9 Å². The van der Waals surface area contributed by atoms with E-state index in [0.717, 1.165) is 56.9 Å². The van der Waals surface area contributed by atoms with Crippen molar-refractivity contribution in [3.05, 3.63) is 58.2 Å². The lowest BCUT2D eigenvalue weighted by Crippen LogP contribution is -2.27. The first-order chi connectivity index (χ1) is 14.6. The molecule has 0 saturated carbocycles. The van der Waals surface area contributed by atoms with Crippen molar-refractivity contribution in [3.8, 4) is 0 Å². The molecule has 0 unspecified atom stereocenters. The summed E-state index contributed by atoms with van der Waals surface area (Å²) in [7, 11) is 0. The van der Waals surface area contributed by atoms with Gasteiger partial charge in [-0.2, -0.15) is 0 Å². The van der Waals surface area contributed by atoms with Crippen LogP contribution in [0, 0.1) is 0 Å². The number of allylic oxidation sites excluding steroid dienone is 9. The molecule has 4 nitrogen and oxygen atoms in total. The molecule has 2 N–H and O–H groups in total. The predicted octanol–water partition coefficient (Wildman–Crippen LogP) is 7.06. The number of carbonyl (C=O) groups excluding carboxylic acids is 1. The van der Waals surface area contributed by atoms with Gasteiger partial charge in [0.1, 0.15) is 6.54 Å². The third-order valence-corrected chi connectivity index (χ3v) is 4.98. The summed E-state index contributed by atoms with van der Waals surface area (Å²) in [6, 6.07) is 0. The minimum Gasteiger partial charge on any atom is -0.480 e. The lowest BCUT2D eigenvalue weighted by molar-refractivity contribution is -0.137. The van der Waals surface area contributed by atoms with Crippen molar-refractivity contribution in [1.82, 2.24) is 5.32 Å². The van der Waals surface area contributed by atoms with Crippen LogP contribution in [-0.4, -0.2) is 23.5 Å². The second kappa shape index (κ2) is 17.3. The highest BCUT2D eigenvalue weighted by Crippen LogP contribution is 2.14. The highest BCUT2D eigenvalue weighted by Gasteiger charge is 2.01. The maximum absolute atomic E-state index is 11.6. The van der Waals surface area contributed by atoms with Gasteiger partial charge in [0.05, 0.1) is 0 Å². The minimum atomic E-state index is -1.04. The standard InChI is InChI=1S/C27H43NO3/c1-21(2)11-7-12-22(3)13-8-14-23(4)15-9-16-24(5)17-10-18-25(6)19-26(29)28-20-27(30)31/h11,13,15,17,19H,7-10,12,14,16,18,20H2,1-6H3,(H,28,29)(H,30,31)/b22-13+,23-15+,24-17+,25-19+. The Morgan fingerprint density at radius 3 is 1.42 bits per heavy atom. The average molecular weight is 430 g/mol. The molecule has 0 aromatic heterocycles. The second-order valence-electron chi connectivity index (χ2n) is 8.69. The first kappa shape index (κ1) is 28.6. The van der Waals surface area contributed by atoms with E-state index in [1.165, 1.54) is 28.4 Å². The predicted molar refractivity (Wildman–Crippen MR) is 132 cm³/mol. The van der Waals surface area contributed by atoms with Gasteiger partial charge in [0.25, 0.3) is 0 Å². The molecular weight excluding hydrogens is 386 g/mol. The van der Waals surface area contributed by atoms with E-state index in [1.54, 1.807) is 0 Å². The lowest BCUT2D eigenvalue weighted by Gasteiger charge is -2.03. The summed E-state index contributed by atoms with van der Waals surface area (Å²) in [5.41, 5.74) is 6.64. The average Bonchev–Trinajstić information content (AvgIpc) is 2.66. The van der Waals surface area contributed by atoms with Crippen LogP contribution < -0.4 is 5.32 Å². The molecule has 0 spiro atoms. The molecule has 0 fully saturated rings. The summed E-state index contributed by atoms with van der Waals surface area (Å²) >= 11 is 0. The summed E-state index contributed by atoms with van der Waals surface area (Å²) in [6.07, 6.45) is 19.1. The van der Waals surface area contributed by atoms with E-state index in [2.05, 4.69) is 64.2 Å². The fourth-order valence-electron chi connectivity index (χ4n) is 3.04. The Bertz CT molecular complexity index is 717. The molecule has 0 aromatic rings. The summed E-state index contributed by atoms with van der Waals surface area (Å²) < 4.78 is 0. The normalized spacial score (nSPS) is 13.2. The van der Waals surface area contributed by atoms with Gasteiger partial charge in [-0.25, -0.2) is 0 Å². The van der Waals surface area contributed by atoms with Gasteiger partial charge in [-0.15, -0.1) is 0 Å². The zero-order valence-corrected chi connectivity index (χ0v) is 20.5. The number of carboxylic acid groups (broad SMARTS) is 1. The zero-order valence-electron chi connectivity index (χ0n) is 20.5. The van der Waals surface area contributed by atoms with Gasteiger partial charge in [0, 0.05) is 6.08 Å². The van der Waals surface area contributed by atoms with Gasteiger partial charge < -0.3 is 10.4 Å². The highest BCUT2D eigenvalue weighted by molar-refractivity contribution is 5.90. The van der Waals surface area contributed by atoms with Crippen LogP contribution in [0.15, 0.2) is 58.2 Å². The maximum Gasteiger partial charge on any atom is 0.322 e. The number of aliphatic carboxylic acids is 1. The van der Waals surface area contributed by atoms with Crippen LogP contribution >= 0.6 is 0 Å². The van der Waals surface area contributed by atoms with Crippen molar-refractivity contribution in [1.29, 1.82) is 0 Å². The van der Waals surface area contributed by atoms with Gasteiger partial charge in [0.2, 0.25) is 5.91 Å². The Hall–Kier alpha value is -2.36. The topological polar surface area (TPSA) is 66.4 Å². The van der Waals surface area contributed by atoms with E-state index in [1.807, 2.05) is 6.92 Å². The van der Waals surface area contributed by atoms with E-state index in [-0.39, 0.29) is 12.5 Å². The molecular formula is C27H43NO3. The minimum absolute atomic E-state index is 0.346. The third-order valence-electron chi connectivity index (χ3n) is 4.98. The van der Waals surface area contributed by atoms with Gasteiger partial charge in [0.15, 0.2) is 0 Å². The molecule has 174 valence electrons. The molecule has 0 saturated heterocycles. The maximum atomic E-state index is 11.6. The Morgan fingerprint density at radius 2 is 1.03 bits per heavy atom. The number of carbonyl (C=O) groups is 2. The summed E-state index contributed by atoms with van der Waals surface area (Å²) in [5, 5.41) is 10.9. The van der Waals surface area contributed by atoms with Gasteiger partial charge in [-0.1, -0.05) is 52.2 Å². The number of amides is 1. The van der Waals surface area contributed by atoms with Gasteiger partial charge in [-0.3, -0.25) is 9.59 Å². The fraction of sp³-hybridized carbons (Fsp3) is 0.556. The van der Waals surface area contributed by atoms with Crippen LogP contribution in [0.25, 0.3) is 0 Å². The Kier molecular flexibility index (Phi) is 16.0. The van der Waals surface area contributed by atoms with Crippen LogP contribution in [0.3, 0.4) is 0 Å². The number of hydrogen-bond donors (Lipinski definition) is 2. The van der Waals surface area contributed by atoms with Crippen molar-refractivity contribution in [2.75, 3.05) is 6.54 Å². The second-order valence-corrected chi connectivity index (χ2v) is 8.69. The van der Waals surface area contributed by atoms with E-state index in [9.17, 15) is 9.59 Å². The van der Waals surface area contributed by atoms with Crippen LogP contribution in [0.4, 0.5) is 0 Å². The number of rotatable bonds is 15. The van der Waals surface area contributed by atoms with Crippen molar-refractivity contribution in [3.63, 3.8) is 0 Å². The molecule has 0 atom stereocenters. The first-order valence-electron chi connectivity index (χ1n) is 11.4. The summed E-state index contributed by atoms with van der Waals surface area (Å²) in [4.78, 5) is 22.0. The van der Waals surface area contributed by atoms with Crippen LogP contribution in [0.2, 0.25) is 0 Å². The SMILES string of the molecule is CC(C)=CCC/C(C)=C/CC/C(C)=C/CC/C(C)=C/CC/C(C)=C/C(=O)NCC(=O)O. The Morgan fingerprint density at radius 1 is 0.645 bits per heavy atom.